The van der Waals surface area contributed by atoms with Crippen LogP contribution in [0.15, 0.2) is 22.8 Å². The molecule has 1 unspecified atom stereocenters. The summed E-state index contributed by atoms with van der Waals surface area (Å²) in [5.74, 6) is 1.05. The minimum atomic E-state index is 0.335. The van der Waals surface area contributed by atoms with Crippen LogP contribution in [0, 0.1) is 0 Å². The first-order chi connectivity index (χ1) is 7.74. The van der Waals surface area contributed by atoms with E-state index >= 15 is 0 Å². The van der Waals surface area contributed by atoms with Crippen LogP contribution in [-0.2, 0) is 6.54 Å². The van der Waals surface area contributed by atoms with Crippen LogP contribution in [-0.4, -0.2) is 30.6 Å². The Kier molecular flexibility index (Phi) is 3.66. The van der Waals surface area contributed by atoms with Gasteiger partial charge in [-0.3, -0.25) is 4.90 Å². The van der Waals surface area contributed by atoms with E-state index in [9.17, 15) is 0 Å². The van der Waals surface area contributed by atoms with Crippen molar-refractivity contribution in [2.75, 3.05) is 20.1 Å². The summed E-state index contributed by atoms with van der Waals surface area (Å²) in [6, 6.07) is 3.99. The third-order valence-electron chi connectivity index (χ3n) is 3.59. The van der Waals surface area contributed by atoms with Gasteiger partial charge in [-0.2, -0.15) is 0 Å². The first-order valence-corrected chi connectivity index (χ1v) is 6.20. The molecule has 0 saturated carbocycles. The summed E-state index contributed by atoms with van der Waals surface area (Å²) >= 11 is 0. The average molecular weight is 222 g/mol. The minimum absolute atomic E-state index is 0.335. The second-order valence-corrected chi connectivity index (χ2v) is 4.92. The predicted octanol–water partition coefficient (Wildman–Crippen LogP) is 2.24. The van der Waals surface area contributed by atoms with Crippen molar-refractivity contribution in [1.29, 1.82) is 0 Å². The number of nitrogens with one attached hydrogen (secondary N) is 1. The Balaban J connectivity index is 1.88. The van der Waals surface area contributed by atoms with Crippen LogP contribution >= 0.6 is 0 Å². The van der Waals surface area contributed by atoms with E-state index in [1.54, 1.807) is 6.26 Å². The normalized spacial score (nSPS) is 25.4. The summed E-state index contributed by atoms with van der Waals surface area (Å²) in [5.41, 5.74) is 0.335. The smallest absolute Gasteiger partial charge is 0.117 e. The van der Waals surface area contributed by atoms with E-state index in [1.807, 2.05) is 12.1 Å². The molecule has 0 aliphatic carbocycles. The number of nitrogens with zero attached hydrogens (tertiary/aromatic N) is 1. The fourth-order valence-corrected chi connectivity index (χ4v) is 2.66. The van der Waals surface area contributed by atoms with Crippen molar-refractivity contribution in [2.24, 2.45) is 0 Å². The van der Waals surface area contributed by atoms with Gasteiger partial charge in [-0.1, -0.05) is 6.92 Å². The van der Waals surface area contributed by atoms with Crippen LogP contribution in [0.4, 0.5) is 0 Å². The molecule has 1 saturated heterocycles. The molecule has 1 fully saturated rings. The van der Waals surface area contributed by atoms with Gasteiger partial charge in [-0.05, 0) is 45.0 Å². The van der Waals surface area contributed by atoms with Crippen LogP contribution in [0.3, 0.4) is 0 Å². The lowest BCUT2D eigenvalue weighted by Crippen LogP contribution is -2.48. The number of rotatable bonds is 5. The molecule has 2 rings (SSSR count). The molecule has 0 radical (unpaired) electrons. The highest BCUT2D eigenvalue weighted by Crippen LogP contribution is 2.24. The molecule has 0 bridgehead atoms. The van der Waals surface area contributed by atoms with Gasteiger partial charge in [0.05, 0.1) is 12.8 Å². The Bertz CT molecular complexity index is 302. The zero-order chi connectivity index (χ0) is 11.4. The molecule has 1 atom stereocenters. The first kappa shape index (κ1) is 11.7. The van der Waals surface area contributed by atoms with Crippen molar-refractivity contribution < 1.29 is 4.42 Å². The number of likely N-dealkylation sites (N-methyl/N-ethyl adjacent to an activating group) is 1. The van der Waals surface area contributed by atoms with E-state index in [4.69, 9.17) is 4.42 Å². The van der Waals surface area contributed by atoms with Crippen molar-refractivity contribution in [3.8, 4) is 0 Å². The summed E-state index contributed by atoms with van der Waals surface area (Å²) in [6.45, 7) is 5.45. The van der Waals surface area contributed by atoms with E-state index in [0.29, 0.717) is 5.54 Å². The zero-order valence-corrected chi connectivity index (χ0v) is 10.3. The van der Waals surface area contributed by atoms with Gasteiger partial charge < -0.3 is 9.73 Å². The van der Waals surface area contributed by atoms with E-state index in [2.05, 4.69) is 24.2 Å². The molecule has 1 aliphatic rings. The molecule has 1 aromatic rings. The van der Waals surface area contributed by atoms with Gasteiger partial charge in [0, 0.05) is 12.1 Å². The van der Waals surface area contributed by atoms with Crippen LogP contribution < -0.4 is 5.32 Å². The van der Waals surface area contributed by atoms with Crippen LogP contribution in [0.25, 0.3) is 0 Å². The molecular weight excluding hydrogens is 200 g/mol. The van der Waals surface area contributed by atoms with Crippen molar-refractivity contribution in [3.63, 3.8) is 0 Å². The van der Waals surface area contributed by atoms with Crippen molar-refractivity contribution in [3.05, 3.63) is 24.2 Å². The maximum Gasteiger partial charge on any atom is 0.117 e. The van der Waals surface area contributed by atoms with Crippen molar-refractivity contribution in [1.82, 2.24) is 10.2 Å². The second-order valence-electron chi connectivity index (χ2n) is 4.92. The quantitative estimate of drug-likeness (QED) is 0.828. The lowest BCUT2D eigenvalue weighted by atomic mass is 9.93. The van der Waals surface area contributed by atoms with Crippen LogP contribution in [0.1, 0.15) is 31.9 Å². The van der Waals surface area contributed by atoms with Crippen molar-refractivity contribution in [2.45, 2.75) is 38.3 Å². The standard InChI is InChI=1S/C13H22N2O/c1-3-13(7-5-8-14-13)11-15(2)10-12-6-4-9-16-12/h4,6,9,14H,3,5,7-8,10-11H2,1-2H3. The number of furan rings is 1. The van der Waals surface area contributed by atoms with Gasteiger partial charge in [0.25, 0.3) is 0 Å². The summed E-state index contributed by atoms with van der Waals surface area (Å²) in [7, 11) is 2.17. The number of hydrogen-bond donors (Lipinski definition) is 1. The van der Waals surface area contributed by atoms with E-state index in [0.717, 1.165) is 18.8 Å². The SMILES string of the molecule is CCC1(CN(C)Cc2ccco2)CCCN1. The largest absolute Gasteiger partial charge is 0.468 e. The van der Waals surface area contributed by atoms with E-state index in [1.165, 1.54) is 25.8 Å². The highest BCUT2D eigenvalue weighted by Gasteiger charge is 2.32. The molecule has 0 spiro atoms. The lowest BCUT2D eigenvalue weighted by molar-refractivity contribution is 0.203. The maximum atomic E-state index is 5.37. The summed E-state index contributed by atoms with van der Waals surface area (Å²) in [5, 5.41) is 3.66. The van der Waals surface area contributed by atoms with E-state index < -0.39 is 0 Å². The first-order valence-electron chi connectivity index (χ1n) is 6.20. The zero-order valence-electron chi connectivity index (χ0n) is 10.3. The Labute approximate surface area is 97.8 Å². The predicted molar refractivity (Wildman–Crippen MR) is 65.3 cm³/mol. The fourth-order valence-electron chi connectivity index (χ4n) is 2.66. The maximum absolute atomic E-state index is 5.37. The molecule has 2 heterocycles. The molecule has 1 aromatic heterocycles. The Morgan fingerprint density at radius 2 is 2.44 bits per heavy atom. The molecule has 0 amide bonds. The molecule has 1 N–H and O–H groups in total. The summed E-state index contributed by atoms with van der Waals surface area (Å²) < 4.78 is 5.37. The monoisotopic (exact) mass is 222 g/mol. The Hall–Kier alpha value is -0.800. The third-order valence-corrected chi connectivity index (χ3v) is 3.59. The summed E-state index contributed by atoms with van der Waals surface area (Å²) in [4.78, 5) is 2.35. The molecule has 1 aliphatic heterocycles. The lowest BCUT2D eigenvalue weighted by Gasteiger charge is -2.32. The van der Waals surface area contributed by atoms with Gasteiger partial charge in [0.2, 0.25) is 0 Å². The van der Waals surface area contributed by atoms with Gasteiger partial charge in [-0.25, -0.2) is 0 Å². The van der Waals surface area contributed by atoms with E-state index in [-0.39, 0.29) is 0 Å². The second kappa shape index (κ2) is 5.02. The average Bonchev–Trinajstić information content (AvgIpc) is 2.90. The summed E-state index contributed by atoms with van der Waals surface area (Å²) in [6.07, 6.45) is 5.55. The van der Waals surface area contributed by atoms with Crippen LogP contribution in [0.2, 0.25) is 0 Å². The molecule has 0 aromatic carbocycles. The van der Waals surface area contributed by atoms with Gasteiger partial charge >= 0.3 is 0 Å². The molecular formula is C13H22N2O. The number of hydrogen-bond acceptors (Lipinski definition) is 3. The fraction of sp³-hybridized carbons (Fsp3) is 0.692. The molecule has 3 heteroatoms. The molecule has 90 valence electrons. The van der Waals surface area contributed by atoms with Crippen LogP contribution in [0.5, 0.6) is 0 Å². The van der Waals surface area contributed by atoms with Crippen molar-refractivity contribution >= 4 is 0 Å². The Morgan fingerprint density at radius 1 is 1.56 bits per heavy atom. The molecule has 3 nitrogen and oxygen atoms in total. The highest BCUT2D eigenvalue weighted by molar-refractivity contribution is 4.99. The topological polar surface area (TPSA) is 28.4 Å². The Morgan fingerprint density at radius 3 is 3.00 bits per heavy atom. The van der Waals surface area contributed by atoms with Gasteiger partial charge in [-0.15, -0.1) is 0 Å². The molecule has 16 heavy (non-hydrogen) atoms. The third kappa shape index (κ3) is 2.66. The minimum Gasteiger partial charge on any atom is -0.468 e. The van der Waals surface area contributed by atoms with Gasteiger partial charge in [0.15, 0.2) is 0 Å². The highest BCUT2D eigenvalue weighted by atomic mass is 16.3. The van der Waals surface area contributed by atoms with Gasteiger partial charge in [0.1, 0.15) is 5.76 Å².